The fraction of sp³-hybridized carbons (Fsp3) is 0.0769. The van der Waals surface area contributed by atoms with E-state index in [2.05, 4.69) is 10.5 Å². The highest BCUT2D eigenvalue weighted by Gasteiger charge is 2.03. The lowest BCUT2D eigenvalue weighted by molar-refractivity contribution is -0.120. The summed E-state index contributed by atoms with van der Waals surface area (Å²) in [6.45, 7) is 0. The number of rotatable bonds is 4. The summed E-state index contributed by atoms with van der Waals surface area (Å²) in [6, 6.07) is 7.88. The molecule has 0 saturated carbocycles. The molecule has 3 N–H and O–H groups in total. The maximum atomic E-state index is 11.5. The van der Waals surface area contributed by atoms with E-state index < -0.39 is 0 Å². The number of hydrogen-bond donors (Lipinski definition) is 3. The number of phenols is 2. The van der Waals surface area contributed by atoms with E-state index >= 15 is 0 Å². The van der Waals surface area contributed by atoms with Crippen molar-refractivity contribution in [3.63, 3.8) is 0 Å². The Kier molecular flexibility index (Phi) is 4.15. The smallest absolute Gasteiger partial charge is 0.245 e. The van der Waals surface area contributed by atoms with E-state index in [4.69, 9.17) is 5.11 Å². The molecule has 6 heteroatoms. The topological polar surface area (TPSA) is 81.9 Å². The van der Waals surface area contributed by atoms with Gasteiger partial charge in [0.05, 0.1) is 12.6 Å². The van der Waals surface area contributed by atoms with Crippen molar-refractivity contribution in [2.24, 2.45) is 5.10 Å². The van der Waals surface area contributed by atoms with Gasteiger partial charge in [-0.05, 0) is 23.6 Å². The number of hydrogen-bond acceptors (Lipinski definition) is 5. The van der Waals surface area contributed by atoms with Crippen molar-refractivity contribution in [2.75, 3.05) is 0 Å². The molecule has 0 fully saturated rings. The first kappa shape index (κ1) is 13.1. The van der Waals surface area contributed by atoms with Gasteiger partial charge in [-0.25, -0.2) is 5.43 Å². The predicted octanol–water partition coefficient (Wildman–Crippen LogP) is 1.85. The number of nitrogens with zero attached hydrogens (tertiary/aromatic N) is 1. The van der Waals surface area contributed by atoms with Crippen molar-refractivity contribution in [3.8, 4) is 11.5 Å². The number of aromatic hydroxyl groups is 2. The second kappa shape index (κ2) is 6.01. The zero-order valence-electron chi connectivity index (χ0n) is 9.91. The molecule has 1 heterocycles. The van der Waals surface area contributed by atoms with Crippen molar-refractivity contribution in [2.45, 2.75) is 6.42 Å². The molecule has 0 aliphatic carbocycles. The Labute approximate surface area is 113 Å². The minimum atomic E-state index is -0.225. The molecule has 1 aromatic carbocycles. The molecular formula is C13H12N2O3S. The van der Waals surface area contributed by atoms with Crippen LogP contribution in [-0.2, 0) is 11.2 Å². The lowest BCUT2D eigenvalue weighted by Gasteiger charge is -2.00. The van der Waals surface area contributed by atoms with E-state index in [0.717, 1.165) is 4.88 Å². The fourth-order valence-electron chi connectivity index (χ4n) is 1.43. The molecule has 98 valence electrons. The van der Waals surface area contributed by atoms with Crippen LogP contribution in [0.15, 0.2) is 40.8 Å². The number of thiophene rings is 1. The second-order valence-corrected chi connectivity index (χ2v) is 4.82. The van der Waals surface area contributed by atoms with Gasteiger partial charge in [0, 0.05) is 16.5 Å². The second-order valence-electron chi connectivity index (χ2n) is 3.79. The molecule has 1 aromatic heterocycles. The molecule has 0 unspecified atom stereocenters. The van der Waals surface area contributed by atoms with Gasteiger partial charge in [-0.1, -0.05) is 6.07 Å². The minimum Gasteiger partial charge on any atom is -0.508 e. The van der Waals surface area contributed by atoms with E-state index in [9.17, 15) is 9.90 Å². The Balaban J connectivity index is 1.91. The number of amides is 1. The third-order valence-electron chi connectivity index (χ3n) is 2.32. The molecule has 0 radical (unpaired) electrons. The molecule has 0 spiro atoms. The van der Waals surface area contributed by atoms with Crippen LogP contribution in [0.4, 0.5) is 0 Å². The summed E-state index contributed by atoms with van der Waals surface area (Å²) in [5.41, 5.74) is 2.79. The van der Waals surface area contributed by atoms with Crippen LogP contribution in [0.1, 0.15) is 10.4 Å². The zero-order valence-corrected chi connectivity index (χ0v) is 10.7. The Hall–Kier alpha value is -2.34. The Morgan fingerprint density at radius 3 is 2.89 bits per heavy atom. The standard InChI is InChI=1S/C13H12N2O3S/c16-10-4-3-9(12(17)6-10)8-14-15-13(18)7-11-2-1-5-19-11/h1-6,8,16-17H,7H2,(H,15,18). The molecule has 0 aliphatic rings. The fourth-order valence-corrected chi connectivity index (χ4v) is 2.13. The molecule has 0 bridgehead atoms. The van der Waals surface area contributed by atoms with Gasteiger partial charge in [-0.2, -0.15) is 5.10 Å². The van der Waals surface area contributed by atoms with Gasteiger partial charge >= 0.3 is 0 Å². The number of benzene rings is 1. The molecule has 0 atom stereocenters. The number of nitrogens with one attached hydrogen (secondary N) is 1. The third-order valence-corrected chi connectivity index (χ3v) is 3.20. The highest BCUT2D eigenvalue weighted by Crippen LogP contribution is 2.20. The summed E-state index contributed by atoms with van der Waals surface area (Å²) in [6.07, 6.45) is 1.59. The van der Waals surface area contributed by atoms with E-state index in [1.807, 2.05) is 17.5 Å². The van der Waals surface area contributed by atoms with Gasteiger partial charge in [-0.15, -0.1) is 11.3 Å². The van der Waals surface area contributed by atoms with Crippen LogP contribution < -0.4 is 5.43 Å². The molecule has 0 saturated heterocycles. The van der Waals surface area contributed by atoms with Crippen LogP contribution in [-0.4, -0.2) is 22.3 Å². The number of hydrazone groups is 1. The quantitative estimate of drug-likeness (QED) is 0.589. The first-order valence-corrected chi connectivity index (χ1v) is 6.39. The molecule has 2 aromatic rings. The maximum absolute atomic E-state index is 11.5. The van der Waals surface area contributed by atoms with Crippen LogP contribution in [0.3, 0.4) is 0 Å². The molecule has 1 amide bonds. The number of carbonyl (C=O) groups excluding carboxylic acids is 1. The van der Waals surface area contributed by atoms with E-state index in [1.165, 1.54) is 35.8 Å². The van der Waals surface area contributed by atoms with Crippen molar-refractivity contribution in [1.29, 1.82) is 0 Å². The summed E-state index contributed by atoms with van der Waals surface area (Å²) < 4.78 is 0. The maximum Gasteiger partial charge on any atom is 0.245 e. The van der Waals surface area contributed by atoms with Gasteiger partial charge in [0.2, 0.25) is 5.91 Å². The summed E-state index contributed by atoms with van der Waals surface area (Å²) >= 11 is 1.50. The first-order chi connectivity index (χ1) is 9.15. The van der Waals surface area contributed by atoms with Gasteiger partial charge in [-0.3, -0.25) is 4.79 Å². The Morgan fingerprint density at radius 1 is 1.37 bits per heavy atom. The Bertz CT molecular complexity index is 594. The van der Waals surface area contributed by atoms with Crippen LogP contribution in [0.2, 0.25) is 0 Å². The average Bonchev–Trinajstić information content (AvgIpc) is 2.84. The van der Waals surface area contributed by atoms with Gasteiger partial charge in [0.1, 0.15) is 11.5 Å². The highest BCUT2D eigenvalue weighted by molar-refractivity contribution is 7.10. The Morgan fingerprint density at radius 2 is 2.21 bits per heavy atom. The van der Waals surface area contributed by atoms with Gasteiger partial charge in [0.25, 0.3) is 0 Å². The average molecular weight is 276 g/mol. The van der Waals surface area contributed by atoms with E-state index in [1.54, 1.807) is 0 Å². The third kappa shape index (κ3) is 3.82. The highest BCUT2D eigenvalue weighted by atomic mass is 32.1. The van der Waals surface area contributed by atoms with Crippen LogP contribution in [0.5, 0.6) is 11.5 Å². The first-order valence-electron chi connectivity index (χ1n) is 5.51. The van der Waals surface area contributed by atoms with Crippen LogP contribution in [0, 0.1) is 0 Å². The molecule has 2 rings (SSSR count). The van der Waals surface area contributed by atoms with E-state index in [0.29, 0.717) is 5.56 Å². The SMILES string of the molecule is O=C(Cc1cccs1)NN=Cc1ccc(O)cc1O. The normalized spacial score (nSPS) is 10.7. The molecular weight excluding hydrogens is 264 g/mol. The largest absolute Gasteiger partial charge is 0.508 e. The minimum absolute atomic E-state index is 0.0311. The summed E-state index contributed by atoms with van der Waals surface area (Å²) in [5.74, 6) is -0.357. The lowest BCUT2D eigenvalue weighted by Crippen LogP contribution is -2.19. The van der Waals surface area contributed by atoms with E-state index in [-0.39, 0.29) is 23.8 Å². The lowest BCUT2D eigenvalue weighted by atomic mass is 10.2. The van der Waals surface area contributed by atoms with Crippen molar-refractivity contribution < 1.29 is 15.0 Å². The summed E-state index contributed by atoms with van der Waals surface area (Å²) in [5, 5.41) is 24.3. The van der Waals surface area contributed by atoms with Crippen molar-refractivity contribution in [3.05, 3.63) is 46.2 Å². The summed E-state index contributed by atoms with van der Waals surface area (Å²) in [4.78, 5) is 12.5. The predicted molar refractivity (Wildman–Crippen MR) is 73.5 cm³/mol. The molecule has 5 nitrogen and oxygen atoms in total. The van der Waals surface area contributed by atoms with Crippen molar-refractivity contribution >= 4 is 23.5 Å². The van der Waals surface area contributed by atoms with Crippen LogP contribution in [0.25, 0.3) is 0 Å². The summed E-state index contributed by atoms with van der Waals surface area (Å²) in [7, 11) is 0. The number of phenolic OH excluding ortho intramolecular Hbond substituents is 2. The van der Waals surface area contributed by atoms with Gasteiger partial charge in [0.15, 0.2) is 0 Å². The number of carbonyl (C=O) groups is 1. The molecule has 0 aliphatic heterocycles. The molecule has 19 heavy (non-hydrogen) atoms. The zero-order chi connectivity index (χ0) is 13.7. The monoisotopic (exact) mass is 276 g/mol. The van der Waals surface area contributed by atoms with Gasteiger partial charge < -0.3 is 10.2 Å². The van der Waals surface area contributed by atoms with Crippen molar-refractivity contribution in [1.82, 2.24) is 5.43 Å². The van der Waals surface area contributed by atoms with Crippen LogP contribution >= 0.6 is 11.3 Å².